The molecule has 2 aliphatic rings. The average Bonchev–Trinajstić information content (AvgIpc) is 2.66. The number of carbonyl (C=O) groups excluding carboxylic acids is 1. The number of carboxylic acids is 1. The Morgan fingerprint density at radius 2 is 2.07 bits per heavy atom. The maximum absolute atomic E-state index is 13.2. The van der Waals surface area contributed by atoms with Crippen LogP contribution in [-0.2, 0) is 9.59 Å². The molecule has 0 fully saturated rings. The molecule has 29 heavy (non-hydrogen) atoms. The highest BCUT2D eigenvalue weighted by Gasteiger charge is 2.52. The van der Waals surface area contributed by atoms with Crippen LogP contribution in [0.4, 0.5) is 0 Å². The summed E-state index contributed by atoms with van der Waals surface area (Å²) in [6.07, 6.45) is 2.95. The molecule has 6 heteroatoms. The second-order valence-corrected chi connectivity index (χ2v) is 9.28. The first-order valence-corrected chi connectivity index (χ1v) is 10.5. The van der Waals surface area contributed by atoms with Crippen molar-refractivity contribution < 1.29 is 14.7 Å². The molecule has 1 aromatic carbocycles. The topological polar surface area (TPSA) is 90.5 Å². The molecule has 150 valence electrons. The number of aliphatic imine (C=N–C) groups is 1. The molecule has 1 N–H and O–H groups in total. The first kappa shape index (κ1) is 21.1. The number of allylic oxidation sites excluding steroid dienone is 3. The Labute approximate surface area is 175 Å². The van der Waals surface area contributed by atoms with Crippen LogP contribution in [0.1, 0.15) is 44.6 Å². The van der Waals surface area contributed by atoms with Crippen molar-refractivity contribution in [2.24, 2.45) is 15.8 Å². The third kappa shape index (κ3) is 3.92. The molecule has 0 unspecified atom stereocenters. The molecule has 0 radical (unpaired) electrons. The van der Waals surface area contributed by atoms with Crippen molar-refractivity contribution in [3.8, 4) is 6.07 Å². The molecular formula is C23H24N2O3S. The lowest BCUT2D eigenvalue weighted by molar-refractivity contribution is -0.133. The van der Waals surface area contributed by atoms with Crippen molar-refractivity contribution in [2.45, 2.75) is 39.0 Å². The number of thioether (sulfide) groups is 1. The number of rotatable bonds is 5. The summed E-state index contributed by atoms with van der Waals surface area (Å²) < 4.78 is 0. The minimum absolute atomic E-state index is 0.0137. The summed E-state index contributed by atoms with van der Waals surface area (Å²) in [7, 11) is 0. The van der Waals surface area contributed by atoms with Crippen LogP contribution in [0.3, 0.4) is 0 Å². The van der Waals surface area contributed by atoms with Gasteiger partial charge in [-0.1, -0.05) is 62.0 Å². The molecular weight excluding hydrogens is 384 g/mol. The van der Waals surface area contributed by atoms with E-state index in [2.05, 4.69) is 12.6 Å². The van der Waals surface area contributed by atoms with Crippen LogP contribution in [0.5, 0.6) is 0 Å². The van der Waals surface area contributed by atoms with E-state index in [0.717, 1.165) is 17.3 Å². The molecule has 1 heterocycles. The average molecular weight is 409 g/mol. The summed E-state index contributed by atoms with van der Waals surface area (Å²) in [4.78, 5) is 29.2. The second kappa shape index (κ2) is 8.00. The number of ketones is 1. The predicted octanol–water partition coefficient (Wildman–Crippen LogP) is 4.73. The number of carboxylic acid groups (broad SMARTS) is 1. The fraction of sp³-hybridized carbons (Fsp3) is 0.391. The zero-order valence-electron chi connectivity index (χ0n) is 16.6. The Balaban J connectivity index is 2.28. The lowest BCUT2D eigenvalue weighted by Gasteiger charge is -2.43. The number of Topliss-reactive ketones (excluding diaryl/α,β-unsaturated/α-hetero) is 1. The van der Waals surface area contributed by atoms with Crippen molar-refractivity contribution in [1.82, 2.24) is 0 Å². The SMILES string of the molecule is C=CC[C@]1(C#N)C(SCC(=O)O)=NC2=C(C(=O)CC(C)(C)C2)[C@@H]1c1ccccc1. The predicted molar refractivity (Wildman–Crippen MR) is 115 cm³/mol. The van der Waals surface area contributed by atoms with Crippen LogP contribution in [0.15, 0.2) is 59.2 Å². The molecule has 1 aliphatic carbocycles. The van der Waals surface area contributed by atoms with Crippen molar-refractivity contribution >= 4 is 28.6 Å². The Hall–Kier alpha value is -2.65. The Morgan fingerprint density at radius 3 is 2.66 bits per heavy atom. The summed E-state index contributed by atoms with van der Waals surface area (Å²) in [5, 5.41) is 20.0. The van der Waals surface area contributed by atoms with Crippen LogP contribution in [0.25, 0.3) is 0 Å². The minimum atomic E-state index is -1.15. The summed E-state index contributed by atoms with van der Waals surface area (Å²) >= 11 is 1.07. The van der Waals surface area contributed by atoms with E-state index in [0.29, 0.717) is 29.2 Å². The number of carbonyl (C=O) groups is 2. The van der Waals surface area contributed by atoms with Gasteiger partial charge >= 0.3 is 5.97 Å². The molecule has 3 rings (SSSR count). The first-order chi connectivity index (χ1) is 13.7. The first-order valence-electron chi connectivity index (χ1n) is 9.51. The summed E-state index contributed by atoms with van der Waals surface area (Å²) in [5.74, 6) is -1.65. The van der Waals surface area contributed by atoms with Gasteiger partial charge in [0.1, 0.15) is 5.41 Å². The maximum atomic E-state index is 13.2. The number of nitrogens with zero attached hydrogens (tertiary/aromatic N) is 2. The molecule has 0 saturated carbocycles. The monoisotopic (exact) mass is 408 g/mol. The number of benzene rings is 1. The molecule has 1 aromatic rings. The quantitative estimate of drug-likeness (QED) is 0.711. The van der Waals surface area contributed by atoms with Gasteiger partial charge in [0.2, 0.25) is 0 Å². The standard InChI is InChI=1S/C23H24N2O3S/c1-4-10-23(14-24)20(15-8-6-5-7-9-15)19-16(11-22(2,3)12-17(19)26)25-21(23)29-13-18(27)28/h4-9,20H,1,10-13H2,2-3H3,(H,27,28)/t20-,23+/m0/s1. The highest BCUT2D eigenvalue weighted by molar-refractivity contribution is 8.14. The summed E-state index contributed by atoms with van der Waals surface area (Å²) in [5.41, 5.74) is 0.759. The van der Waals surface area contributed by atoms with Gasteiger partial charge in [-0.05, 0) is 23.8 Å². The van der Waals surface area contributed by atoms with Crippen LogP contribution in [0, 0.1) is 22.2 Å². The van der Waals surface area contributed by atoms with Crippen LogP contribution < -0.4 is 0 Å². The van der Waals surface area contributed by atoms with Gasteiger partial charge in [0.25, 0.3) is 0 Å². The highest BCUT2D eigenvalue weighted by atomic mass is 32.2. The van der Waals surface area contributed by atoms with Crippen molar-refractivity contribution in [1.29, 1.82) is 5.26 Å². The Kier molecular flexibility index (Phi) is 5.81. The summed E-state index contributed by atoms with van der Waals surface area (Å²) in [6.45, 7) is 7.88. The van der Waals surface area contributed by atoms with Gasteiger partial charge in [0.05, 0.1) is 16.9 Å². The minimum Gasteiger partial charge on any atom is -0.481 e. The summed E-state index contributed by atoms with van der Waals surface area (Å²) in [6, 6.07) is 11.9. The van der Waals surface area contributed by atoms with E-state index in [-0.39, 0.29) is 23.4 Å². The van der Waals surface area contributed by atoms with E-state index in [1.54, 1.807) is 6.08 Å². The Bertz CT molecular complexity index is 956. The maximum Gasteiger partial charge on any atom is 0.313 e. The molecule has 1 aliphatic heterocycles. The lowest BCUT2D eigenvalue weighted by Crippen LogP contribution is -2.43. The number of hydrogen-bond donors (Lipinski definition) is 1. The van der Waals surface area contributed by atoms with E-state index < -0.39 is 17.3 Å². The molecule has 0 spiro atoms. The van der Waals surface area contributed by atoms with Gasteiger partial charge in [-0.2, -0.15) is 5.26 Å². The van der Waals surface area contributed by atoms with Gasteiger partial charge in [-0.3, -0.25) is 9.59 Å². The molecule has 5 nitrogen and oxygen atoms in total. The van der Waals surface area contributed by atoms with Crippen LogP contribution in [-0.4, -0.2) is 27.7 Å². The number of nitriles is 1. The largest absolute Gasteiger partial charge is 0.481 e. The zero-order valence-corrected chi connectivity index (χ0v) is 17.5. The van der Waals surface area contributed by atoms with Crippen LogP contribution in [0.2, 0.25) is 0 Å². The van der Waals surface area contributed by atoms with E-state index >= 15 is 0 Å². The normalized spacial score (nSPS) is 25.6. The van der Waals surface area contributed by atoms with E-state index in [4.69, 9.17) is 4.99 Å². The van der Waals surface area contributed by atoms with Gasteiger partial charge in [0, 0.05) is 23.6 Å². The molecule has 0 bridgehead atoms. The fourth-order valence-corrected chi connectivity index (χ4v) is 5.24. The number of aliphatic carboxylic acids is 1. The van der Waals surface area contributed by atoms with Crippen LogP contribution >= 0.6 is 11.8 Å². The highest BCUT2D eigenvalue weighted by Crippen LogP contribution is 2.55. The molecule has 2 atom stereocenters. The van der Waals surface area contributed by atoms with E-state index in [1.807, 2.05) is 44.2 Å². The van der Waals surface area contributed by atoms with Crippen molar-refractivity contribution in [3.05, 3.63) is 59.8 Å². The molecule has 0 saturated heterocycles. The van der Waals surface area contributed by atoms with Gasteiger partial charge in [-0.25, -0.2) is 4.99 Å². The third-order valence-electron chi connectivity index (χ3n) is 5.43. The van der Waals surface area contributed by atoms with Crippen molar-refractivity contribution in [2.75, 3.05) is 5.75 Å². The second-order valence-electron chi connectivity index (χ2n) is 8.32. The van der Waals surface area contributed by atoms with Gasteiger partial charge in [-0.15, -0.1) is 6.58 Å². The molecule has 0 aromatic heterocycles. The van der Waals surface area contributed by atoms with Gasteiger partial charge < -0.3 is 5.11 Å². The number of hydrogen-bond acceptors (Lipinski definition) is 5. The smallest absolute Gasteiger partial charge is 0.313 e. The Morgan fingerprint density at radius 1 is 1.38 bits per heavy atom. The van der Waals surface area contributed by atoms with Gasteiger partial charge in [0.15, 0.2) is 5.78 Å². The van der Waals surface area contributed by atoms with E-state index in [9.17, 15) is 20.0 Å². The fourth-order valence-electron chi connectivity index (χ4n) is 4.30. The molecule has 0 amide bonds. The third-order valence-corrected chi connectivity index (χ3v) is 6.55. The zero-order chi connectivity index (χ0) is 21.2. The van der Waals surface area contributed by atoms with Crippen molar-refractivity contribution in [3.63, 3.8) is 0 Å². The van der Waals surface area contributed by atoms with E-state index in [1.165, 1.54) is 0 Å². The lowest BCUT2D eigenvalue weighted by atomic mass is 9.61.